The van der Waals surface area contributed by atoms with E-state index in [0.717, 1.165) is 22.8 Å². The Hall–Kier alpha value is -2.61. The van der Waals surface area contributed by atoms with Gasteiger partial charge < -0.3 is 5.73 Å². The molecule has 0 unspecified atom stereocenters. The fraction of sp³-hybridized carbons (Fsp3) is 0.105. The number of nitrogens with two attached hydrogens (primary N) is 1. The number of hydrogen-bond acceptors (Lipinski definition) is 2. The molecule has 2 nitrogen and oxygen atoms in total. The summed E-state index contributed by atoms with van der Waals surface area (Å²) in [5, 5.41) is 2.08. The molecule has 104 valence electrons. The Morgan fingerprint density at radius 2 is 1.67 bits per heavy atom. The third-order valence-electron chi connectivity index (χ3n) is 3.76. The van der Waals surface area contributed by atoms with Crippen LogP contribution in [0.5, 0.6) is 0 Å². The van der Waals surface area contributed by atoms with E-state index < -0.39 is 0 Å². The summed E-state index contributed by atoms with van der Waals surface area (Å²) in [7, 11) is 0. The van der Waals surface area contributed by atoms with Crippen LogP contribution in [0.1, 0.15) is 28.4 Å². The van der Waals surface area contributed by atoms with E-state index >= 15 is 0 Å². The predicted octanol–water partition coefficient (Wildman–Crippen LogP) is 4.22. The van der Waals surface area contributed by atoms with Crippen molar-refractivity contribution in [2.75, 3.05) is 5.73 Å². The van der Waals surface area contributed by atoms with E-state index in [1.54, 1.807) is 0 Å². The zero-order valence-corrected chi connectivity index (χ0v) is 12.0. The molecule has 3 aromatic carbocycles. The number of anilines is 1. The first kappa shape index (κ1) is 13.4. The van der Waals surface area contributed by atoms with Crippen LogP contribution in [0, 0.1) is 0 Å². The van der Waals surface area contributed by atoms with Gasteiger partial charge in [0, 0.05) is 16.8 Å². The van der Waals surface area contributed by atoms with Gasteiger partial charge in [0.1, 0.15) is 0 Å². The van der Waals surface area contributed by atoms with Crippen molar-refractivity contribution in [3.05, 3.63) is 77.4 Å². The maximum absolute atomic E-state index is 12.7. The second-order valence-electron chi connectivity index (χ2n) is 5.17. The third kappa shape index (κ3) is 2.52. The lowest BCUT2D eigenvalue weighted by atomic mass is 9.97. The molecule has 2 N–H and O–H groups in total. The Morgan fingerprint density at radius 1 is 0.952 bits per heavy atom. The minimum Gasteiger partial charge on any atom is -0.398 e. The molecular formula is C19H17NO. The van der Waals surface area contributed by atoms with Gasteiger partial charge in [-0.25, -0.2) is 0 Å². The van der Waals surface area contributed by atoms with Crippen LogP contribution in [0.3, 0.4) is 0 Å². The van der Waals surface area contributed by atoms with Gasteiger partial charge in [-0.3, -0.25) is 4.79 Å². The summed E-state index contributed by atoms with van der Waals surface area (Å²) in [6, 6.07) is 19.4. The lowest BCUT2D eigenvalue weighted by Gasteiger charge is -2.08. The molecule has 21 heavy (non-hydrogen) atoms. The van der Waals surface area contributed by atoms with E-state index in [9.17, 15) is 4.79 Å². The molecule has 0 fully saturated rings. The third-order valence-corrected chi connectivity index (χ3v) is 3.76. The Bertz CT molecular complexity index is 821. The van der Waals surface area contributed by atoms with Crippen LogP contribution in [0.15, 0.2) is 60.7 Å². The summed E-state index contributed by atoms with van der Waals surface area (Å²) in [4.78, 5) is 12.7. The minimum atomic E-state index is -0.0199. The van der Waals surface area contributed by atoms with Crippen molar-refractivity contribution in [3.63, 3.8) is 0 Å². The highest BCUT2D eigenvalue weighted by molar-refractivity contribution is 6.14. The molecule has 0 amide bonds. The predicted molar refractivity (Wildman–Crippen MR) is 87.6 cm³/mol. The number of carbonyl (C=O) groups is 1. The fourth-order valence-corrected chi connectivity index (χ4v) is 2.54. The second-order valence-corrected chi connectivity index (χ2v) is 5.17. The highest BCUT2D eigenvalue weighted by Gasteiger charge is 2.13. The number of fused-ring (bicyclic) bond motifs is 1. The summed E-state index contributed by atoms with van der Waals surface area (Å²) in [6.45, 7) is 2.08. The molecule has 0 spiro atoms. The lowest BCUT2D eigenvalue weighted by Crippen LogP contribution is -2.06. The number of ketones is 1. The topological polar surface area (TPSA) is 43.1 Å². The number of rotatable bonds is 3. The lowest BCUT2D eigenvalue weighted by molar-refractivity contribution is 0.103. The van der Waals surface area contributed by atoms with Gasteiger partial charge in [0.25, 0.3) is 0 Å². The molecule has 0 aromatic heterocycles. The summed E-state index contributed by atoms with van der Waals surface area (Å²) in [6.07, 6.45) is 0.911. The van der Waals surface area contributed by atoms with E-state index in [2.05, 4.69) is 6.92 Å². The minimum absolute atomic E-state index is 0.0199. The van der Waals surface area contributed by atoms with Gasteiger partial charge in [0.15, 0.2) is 5.78 Å². The van der Waals surface area contributed by atoms with Crippen molar-refractivity contribution >= 4 is 22.2 Å². The highest BCUT2D eigenvalue weighted by Crippen LogP contribution is 2.24. The molecule has 0 radical (unpaired) electrons. The standard InChI is InChI=1S/C19H17NO/c1-2-13-6-5-9-16(10-13)19(21)17-11-14-7-3-4-8-15(14)12-18(17)20/h3-12H,2,20H2,1H3. The zero-order chi connectivity index (χ0) is 14.8. The summed E-state index contributed by atoms with van der Waals surface area (Å²) in [5.74, 6) is -0.0199. The van der Waals surface area contributed by atoms with Crippen molar-refractivity contribution in [2.24, 2.45) is 0 Å². The van der Waals surface area contributed by atoms with Crippen LogP contribution < -0.4 is 5.73 Å². The van der Waals surface area contributed by atoms with E-state index in [0.29, 0.717) is 16.8 Å². The number of carbonyl (C=O) groups excluding carboxylic acids is 1. The molecule has 0 aliphatic carbocycles. The second kappa shape index (κ2) is 5.41. The van der Waals surface area contributed by atoms with Crippen molar-refractivity contribution in [1.82, 2.24) is 0 Å². The van der Waals surface area contributed by atoms with Crippen molar-refractivity contribution < 1.29 is 4.79 Å². The summed E-state index contributed by atoms with van der Waals surface area (Å²) < 4.78 is 0. The smallest absolute Gasteiger partial charge is 0.195 e. The quantitative estimate of drug-likeness (QED) is 0.574. The van der Waals surface area contributed by atoms with Crippen LogP contribution >= 0.6 is 0 Å². The normalized spacial score (nSPS) is 10.7. The number of nitrogen functional groups attached to an aromatic ring is 1. The van der Waals surface area contributed by atoms with E-state index in [1.807, 2.05) is 60.7 Å². The van der Waals surface area contributed by atoms with Gasteiger partial charge in [-0.15, -0.1) is 0 Å². The van der Waals surface area contributed by atoms with Gasteiger partial charge in [0.05, 0.1) is 0 Å². The van der Waals surface area contributed by atoms with Crippen molar-refractivity contribution in [2.45, 2.75) is 13.3 Å². The van der Waals surface area contributed by atoms with E-state index in [-0.39, 0.29) is 5.78 Å². The Kier molecular flexibility index (Phi) is 3.44. The molecule has 2 heteroatoms. The first-order chi connectivity index (χ1) is 10.2. The van der Waals surface area contributed by atoms with Crippen LogP contribution in [0.2, 0.25) is 0 Å². The van der Waals surface area contributed by atoms with Gasteiger partial charge in [-0.05, 0) is 41.0 Å². The highest BCUT2D eigenvalue weighted by atomic mass is 16.1. The van der Waals surface area contributed by atoms with E-state index in [4.69, 9.17) is 5.73 Å². The zero-order valence-electron chi connectivity index (χ0n) is 12.0. The Labute approximate surface area is 124 Å². The SMILES string of the molecule is CCc1cccc(C(=O)c2cc3ccccc3cc2N)c1. The van der Waals surface area contributed by atoms with Crippen LogP contribution in [0.4, 0.5) is 5.69 Å². The largest absolute Gasteiger partial charge is 0.398 e. The molecule has 0 aliphatic rings. The molecular weight excluding hydrogens is 258 g/mol. The van der Waals surface area contributed by atoms with Gasteiger partial charge >= 0.3 is 0 Å². The summed E-state index contributed by atoms with van der Waals surface area (Å²) in [5.41, 5.74) is 9.02. The van der Waals surface area contributed by atoms with Gasteiger partial charge in [-0.2, -0.15) is 0 Å². The molecule has 3 rings (SSSR count). The van der Waals surface area contributed by atoms with Crippen molar-refractivity contribution in [3.8, 4) is 0 Å². The maximum atomic E-state index is 12.7. The van der Waals surface area contributed by atoms with Crippen LogP contribution in [0.25, 0.3) is 10.8 Å². The first-order valence-electron chi connectivity index (χ1n) is 7.11. The summed E-state index contributed by atoms with van der Waals surface area (Å²) >= 11 is 0. The average Bonchev–Trinajstić information content (AvgIpc) is 2.53. The first-order valence-corrected chi connectivity index (χ1v) is 7.11. The molecule has 0 heterocycles. The van der Waals surface area contributed by atoms with E-state index in [1.165, 1.54) is 0 Å². The number of aryl methyl sites for hydroxylation is 1. The van der Waals surface area contributed by atoms with Gasteiger partial charge in [0.2, 0.25) is 0 Å². The molecule has 0 bridgehead atoms. The molecule has 0 atom stereocenters. The Balaban J connectivity index is 2.10. The average molecular weight is 275 g/mol. The van der Waals surface area contributed by atoms with Crippen LogP contribution in [-0.2, 0) is 6.42 Å². The fourth-order valence-electron chi connectivity index (χ4n) is 2.54. The maximum Gasteiger partial charge on any atom is 0.195 e. The number of benzene rings is 3. The number of hydrogen-bond donors (Lipinski definition) is 1. The van der Waals surface area contributed by atoms with Crippen molar-refractivity contribution in [1.29, 1.82) is 0 Å². The molecule has 0 saturated heterocycles. The molecule has 0 aliphatic heterocycles. The van der Waals surface area contributed by atoms with Gasteiger partial charge in [-0.1, -0.05) is 49.4 Å². The Morgan fingerprint density at radius 3 is 2.38 bits per heavy atom. The van der Waals surface area contributed by atoms with Crippen LogP contribution in [-0.4, -0.2) is 5.78 Å². The molecule has 3 aromatic rings. The molecule has 0 saturated carbocycles. The monoisotopic (exact) mass is 275 g/mol.